The van der Waals surface area contributed by atoms with Gasteiger partial charge in [0.25, 0.3) is 0 Å². The number of alkyl halides is 1. The Hall–Kier alpha value is -2.07. The number of halogens is 1. The second-order valence-corrected chi connectivity index (χ2v) is 19.2. The summed E-state index contributed by atoms with van der Waals surface area (Å²) in [7, 11) is 0. The number of rotatable bonds is 17. The van der Waals surface area contributed by atoms with Crippen LogP contribution in [-0.2, 0) is 0 Å². The normalized spacial score (nSPS) is 31.9. The van der Waals surface area contributed by atoms with Crippen LogP contribution in [0.5, 0.6) is 11.5 Å². The van der Waals surface area contributed by atoms with E-state index in [2.05, 4.69) is 74.8 Å². The van der Waals surface area contributed by atoms with Crippen molar-refractivity contribution >= 4 is 27.8 Å². The Morgan fingerprint density at radius 2 is 1.50 bits per heavy atom. The van der Waals surface area contributed by atoms with Crippen molar-refractivity contribution in [3.8, 4) is 11.5 Å². The predicted molar refractivity (Wildman–Crippen MR) is 221 cm³/mol. The summed E-state index contributed by atoms with van der Waals surface area (Å²) in [5, 5.41) is 1.07. The summed E-state index contributed by atoms with van der Waals surface area (Å²) in [6, 6.07) is 15.8. The van der Waals surface area contributed by atoms with Crippen LogP contribution in [0.3, 0.4) is 0 Å². The molecule has 0 aliphatic heterocycles. The number of hydrogen-bond donors (Lipinski definition) is 0. The standard InChI is InChI=1S/C48H69BrO3/c1-34(2)11-10-12-35(3)43-24-25-44-42-23-18-38-33-41(27-29-47(38,4)45(42)28-30-48(43,44)5)52-40-19-13-36(14-20-40)15-26-46(50)37-16-21-39(22-17-37)51-32-9-7-6-8-31-49/h13-17,19-22,26,34-35,38,41-45H,6-12,18,23-25,27-33H2,1-5H3/b26-15+/t35-,38?,41?,42+,43-,44+,45+,47+,48-/m1/s1. The Labute approximate surface area is 325 Å². The van der Waals surface area contributed by atoms with Crippen LogP contribution in [0.15, 0.2) is 54.6 Å². The van der Waals surface area contributed by atoms with Crippen LogP contribution in [0.4, 0.5) is 0 Å². The minimum absolute atomic E-state index is 0.00336. The van der Waals surface area contributed by atoms with Gasteiger partial charge in [-0.2, -0.15) is 0 Å². The van der Waals surface area contributed by atoms with E-state index in [0.717, 1.165) is 76.8 Å². The molecule has 2 aromatic rings. The Balaban J connectivity index is 0.967. The number of ether oxygens (including phenoxy) is 2. The lowest BCUT2D eigenvalue weighted by Gasteiger charge is -2.61. The SMILES string of the molecule is CC(C)CCC[C@@H](C)[C@H]1CC[C@H]2[C@@H]3CCC4CC(Oc5ccc(/C=C/C(=O)c6ccc(OCCCCCCBr)cc6)cc5)CC[C@]4(C)[C@H]3CC[C@]12C. The van der Waals surface area contributed by atoms with Crippen LogP contribution in [0, 0.1) is 52.3 Å². The molecule has 4 heteroatoms. The van der Waals surface area contributed by atoms with Gasteiger partial charge in [-0.05, 0) is 171 Å². The highest BCUT2D eigenvalue weighted by atomic mass is 79.9. The first-order chi connectivity index (χ1) is 25.1. The molecule has 2 aromatic carbocycles. The fourth-order valence-corrected chi connectivity index (χ4v) is 12.3. The van der Waals surface area contributed by atoms with Gasteiger partial charge < -0.3 is 9.47 Å². The molecule has 0 amide bonds. The van der Waals surface area contributed by atoms with E-state index in [-0.39, 0.29) is 5.78 Å². The number of fused-ring (bicyclic) bond motifs is 5. The molecule has 0 bridgehead atoms. The molecule has 9 atom stereocenters. The molecule has 52 heavy (non-hydrogen) atoms. The molecule has 4 aliphatic rings. The van der Waals surface area contributed by atoms with Crippen molar-refractivity contribution in [2.45, 2.75) is 143 Å². The molecule has 0 N–H and O–H groups in total. The molecule has 0 saturated heterocycles. The van der Waals surface area contributed by atoms with Crippen LogP contribution in [0.1, 0.15) is 153 Å². The number of carbonyl (C=O) groups is 1. The molecule has 3 nitrogen and oxygen atoms in total. The molecule has 4 fully saturated rings. The summed E-state index contributed by atoms with van der Waals surface area (Å²) in [6.45, 7) is 13.5. The molecule has 0 radical (unpaired) electrons. The van der Waals surface area contributed by atoms with Gasteiger partial charge in [-0.15, -0.1) is 0 Å². The van der Waals surface area contributed by atoms with Gasteiger partial charge in [0.15, 0.2) is 5.78 Å². The van der Waals surface area contributed by atoms with Crippen molar-refractivity contribution in [1.29, 1.82) is 0 Å². The van der Waals surface area contributed by atoms with E-state index in [9.17, 15) is 4.79 Å². The molecule has 0 aromatic heterocycles. The van der Waals surface area contributed by atoms with E-state index >= 15 is 0 Å². The Bertz CT molecular complexity index is 1450. The maximum absolute atomic E-state index is 12.9. The van der Waals surface area contributed by atoms with E-state index in [4.69, 9.17) is 9.47 Å². The Kier molecular flexibility index (Phi) is 13.7. The smallest absolute Gasteiger partial charge is 0.185 e. The monoisotopic (exact) mass is 772 g/mol. The number of unbranched alkanes of at least 4 members (excludes halogenated alkanes) is 3. The van der Waals surface area contributed by atoms with E-state index in [1.807, 2.05) is 30.3 Å². The van der Waals surface area contributed by atoms with Crippen LogP contribution in [0.2, 0.25) is 0 Å². The van der Waals surface area contributed by atoms with Crippen molar-refractivity contribution < 1.29 is 14.3 Å². The third-order valence-electron chi connectivity index (χ3n) is 14.9. The quantitative estimate of drug-likeness (QED) is 0.0695. The first-order valence-corrected chi connectivity index (χ1v) is 22.5. The van der Waals surface area contributed by atoms with Gasteiger partial charge in [-0.3, -0.25) is 4.79 Å². The fourth-order valence-electron chi connectivity index (χ4n) is 11.9. The molecule has 4 aliphatic carbocycles. The second kappa shape index (κ2) is 18.0. The zero-order valence-corrected chi connectivity index (χ0v) is 34.8. The van der Waals surface area contributed by atoms with E-state index in [1.165, 1.54) is 96.3 Å². The summed E-state index contributed by atoms with van der Waals surface area (Å²) in [5.74, 6) is 8.03. The summed E-state index contributed by atoms with van der Waals surface area (Å²) in [5.41, 5.74) is 2.74. The number of hydrogen-bond acceptors (Lipinski definition) is 3. The van der Waals surface area contributed by atoms with Crippen LogP contribution >= 0.6 is 15.9 Å². The third kappa shape index (κ3) is 9.23. The molecule has 0 heterocycles. The van der Waals surface area contributed by atoms with Gasteiger partial charge >= 0.3 is 0 Å². The number of benzene rings is 2. The van der Waals surface area contributed by atoms with Crippen molar-refractivity contribution in [3.63, 3.8) is 0 Å². The largest absolute Gasteiger partial charge is 0.494 e. The van der Waals surface area contributed by atoms with Crippen molar-refractivity contribution in [2.75, 3.05) is 11.9 Å². The minimum atomic E-state index is 0.00336. The molecule has 4 saturated carbocycles. The highest BCUT2D eigenvalue weighted by molar-refractivity contribution is 9.09. The second-order valence-electron chi connectivity index (χ2n) is 18.4. The molecule has 286 valence electrons. The molecule has 2 unspecified atom stereocenters. The number of carbonyl (C=O) groups excluding carboxylic acids is 1. The zero-order valence-electron chi connectivity index (χ0n) is 33.2. The number of allylic oxidation sites excluding steroid dienone is 1. The first-order valence-electron chi connectivity index (χ1n) is 21.4. The Morgan fingerprint density at radius 3 is 2.25 bits per heavy atom. The third-order valence-corrected chi connectivity index (χ3v) is 15.4. The van der Waals surface area contributed by atoms with Crippen molar-refractivity contribution in [3.05, 3.63) is 65.7 Å². The van der Waals surface area contributed by atoms with E-state index < -0.39 is 0 Å². The van der Waals surface area contributed by atoms with Gasteiger partial charge in [0.2, 0.25) is 0 Å². The average molecular weight is 774 g/mol. The van der Waals surface area contributed by atoms with Crippen LogP contribution < -0.4 is 9.47 Å². The van der Waals surface area contributed by atoms with Crippen molar-refractivity contribution in [2.24, 2.45) is 52.3 Å². The van der Waals surface area contributed by atoms with E-state index in [1.54, 1.807) is 6.08 Å². The summed E-state index contributed by atoms with van der Waals surface area (Å²) in [4.78, 5) is 12.9. The number of ketones is 1. The first kappa shape index (κ1) is 39.6. The van der Waals surface area contributed by atoms with Crippen LogP contribution in [0.25, 0.3) is 6.08 Å². The lowest BCUT2D eigenvalue weighted by molar-refractivity contribution is -0.126. The summed E-state index contributed by atoms with van der Waals surface area (Å²) < 4.78 is 12.5. The maximum atomic E-state index is 12.9. The van der Waals surface area contributed by atoms with Gasteiger partial charge in [0, 0.05) is 10.9 Å². The lowest BCUT2D eigenvalue weighted by Crippen LogP contribution is -2.54. The zero-order chi connectivity index (χ0) is 36.7. The van der Waals surface area contributed by atoms with E-state index in [0.29, 0.717) is 22.5 Å². The summed E-state index contributed by atoms with van der Waals surface area (Å²) >= 11 is 3.48. The molecule has 6 rings (SSSR count). The van der Waals surface area contributed by atoms with Gasteiger partial charge in [0.1, 0.15) is 11.5 Å². The summed E-state index contributed by atoms with van der Waals surface area (Å²) in [6.07, 6.45) is 25.2. The molecule has 0 spiro atoms. The molecular weight excluding hydrogens is 704 g/mol. The maximum Gasteiger partial charge on any atom is 0.185 e. The van der Waals surface area contributed by atoms with Gasteiger partial charge in [0.05, 0.1) is 12.7 Å². The van der Waals surface area contributed by atoms with Gasteiger partial charge in [-0.25, -0.2) is 0 Å². The average Bonchev–Trinajstić information content (AvgIpc) is 3.50. The Morgan fingerprint density at radius 1 is 0.788 bits per heavy atom. The van der Waals surface area contributed by atoms with Gasteiger partial charge in [-0.1, -0.05) is 101 Å². The lowest BCUT2D eigenvalue weighted by atomic mass is 9.44. The van der Waals surface area contributed by atoms with Crippen LogP contribution in [-0.4, -0.2) is 23.8 Å². The fraction of sp³-hybridized carbons (Fsp3) is 0.688. The topological polar surface area (TPSA) is 35.5 Å². The van der Waals surface area contributed by atoms with Crippen molar-refractivity contribution in [1.82, 2.24) is 0 Å². The highest BCUT2D eigenvalue weighted by Crippen LogP contribution is 2.68. The minimum Gasteiger partial charge on any atom is -0.494 e. The molecular formula is C48H69BrO3. The predicted octanol–water partition coefficient (Wildman–Crippen LogP) is 13.8. The highest BCUT2D eigenvalue weighted by Gasteiger charge is 2.60.